The van der Waals surface area contributed by atoms with Gasteiger partial charge in [0, 0.05) is 30.2 Å². The van der Waals surface area contributed by atoms with Gasteiger partial charge in [-0.15, -0.1) is 0 Å². The van der Waals surface area contributed by atoms with Gasteiger partial charge in [-0.2, -0.15) is 5.10 Å². The van der Waals surface area contributed by atoms with E-state index in [2.05, 4.69) is 26.3 Å². The Morgan fingerprint density at radius 3 is 2.71 bits per heavy atom. The number of methoxy groups -OCH3 is 1. The van der Waals surface area contributed by atoms with Gasteiger partial charge in [0.2, 0.25) is 0 Å². The number of rotatable bonds is 3. The van der Waals surface area contributed by atoms with Gasteiger partial charge in [-0.1, -0.05) is 15.9 Å². The Hall–Kier alpha value is -1.49. The average molecular weight is 296 g/mol. The van der Waals surface area contributed by atoms with Crippen molar-refractivity contribution < 1.29 is 4.74 Å². The molecule has 0 amide bonds. The summed E-state index contributed by atoms with van der Waals surface area (Å²) in [5.74, 6) is 1.67. The monoisotopic (exact) mass is 295 g/mol. The highest BCUT2D eigenvalue weighted by Crippen LogP contribution is 2.33. The minimum Gasteiger partial charge on any atom is -0.496 e. The number of anilines is 1. The number of aryl methyl sites for hydroxylation is 1. The van der Waals surface area contributed by atoms with Gasteiger partial charge in [0.25, 0.3) is 0 Å². The molecule has 0 radical (unpaired) electrons. The zero-order valence-corrected chi connectivity index (χ0v) is 11.6. The van der Waals surface area contributed by atoms with Crippen molar-refractivity contribution >= 4 is 21.7 Å². The van der Waals surface area contributed by atoms with Crippen LogP contribution in [-0.2, 0) is 7.05 Å². The maximum Gasteiger partial charge on any atom is 0.148 e. The molecule has 0 unspecified atom stereocenters. The number of hydrogen-bond acceptors (Lipinski definition) is 3. The van der Waals surface area contributed by atoms with Crippen LogP contribution in [0, 0.1) is 0 Å². The molecule has 17 heavy (non-hydrogen) atoms. The second-order valence-corrected chi connectivity index (χ2v) is 4.55. The SMILES string of the molecule is CNc1cc(-c2cc(Br)ccc2OC)n(C)n1. The molecule has 4 nitrogen and oxygen atoms in total. The van der Waals surface area contributed by atoms with E-state index in [1.165, 1.54) is 0 Å². The Morgan fingerprint density at radius 1 is 1.35 bits per heavy atom. The molecule has 5 heteroatoms. The maximum absolute atomic E-state index is 5.37. The number of halogens is 1. The maximum atomic E-state index is 5.37. The molecule has 1 aromatic heterocycles. The molecule has 2 aromatic rings. The van der Waals surface area contributed by atoms with E-state index in [9.17, 15) is 0 Å². The normalized spacial score (nSPS) is 10.4. The molecule has 2 rings (SSSR count). The number of nitrogens with zero attached hydrogens (tertiary/aromatic N) is 2. The van der Waals surface area contributed by atoms with Crippen molar-refractivity contribution in [1.82, 2.24) is 9.78 Å². The van der Waals surface area contributed by atoms with Gasteiger partial charge in [0.1, 0.15) is 11.6 Å². The molecule has 1 heterocycles. The van der Waals surface area contributed by atoms with Crippen LogP contribution in [0.2, 0.25) is 0 Å². The highest BCUT2D eigenvalue weighted by molar-refractivity contribution is 9.10. The van der Waals surface area contributed by atoms with Gasteiger partial charge in [-0.25, -0.2) is 0 Å². The lowest BCUT2D eigenvalue weighted by Gasteiger charge is -2.08. The third-order valence-corrected chi connectivity index (χ3v) is 3.07. The van der Waals surface area contributed by atoms with Gasteiger partial charge in [-0.3, -0.25) is 4.68 Å². The minimum atomic E-state index is 0.832. The second kappa shape index (κ2) is 4.79. The minimum absolute atomic E-state index is 0.832. The lowest BCUT2D eigenvalue weighted by Crippen LogP contribution is -1.96. The van der Waals surface area contributed by atoms with Crippen LogP contribution in [0.5, 0.6) is 5.75 Å². The van der Waals surface area contributed by atoms with E-state index < -0.39 is 0 Å². The highest BCUT2D eigenvalue weighted by atomic mass is 79.9. The predicted octanol–water partition coefficient (Wildman–Crippen LogP) is 2.90. The molecule has 0 aliphatic carbocycles. The van der Waals surface area contributed by atoms with E-state index in [1.54, 1.807) is 7.11 Å². The van der Waals surface area contributed by atoms with Crippen molar-refractivity contribution in [3.8, 4) is 17.0 Å². The standard InChI is InChI=1S/C12H14BrN3O/c1-14-12-7-10(16(2)15-12)9-6-8(13)4-5-11(9)17-3/h4-7H,1-3H3,(H,14,15). The van der Waals surface area contributed by atoms with Gasteiger partial charge < -0.3 is 10.1 Å². The van der Waals surface area contributed by atoms with Crippen LogP contribution in [0.25, 0.3) is 11.3 Å². The molecule has 1 aromatic carbocycles. The summed E-state index contributed by atoms with van der Waals surface area (Å²) in [7, 11) is 5.43. The summed E-state index contributed by atoms with van der Waals surface area (Å²) in [5.41, 5.74) is 2.02. The van der Waals surface area contributed by atoms with Crippen molar-refractivity contribution in [3.05, 3.63) is 28.7 Å². The fourth-order valence-electron chi connectivity index (χ4n) is 1.72. The average Bonchev–Trinajstić information content (AvgIpc) is 2.70. The number of benzene rings is 1. The van der Waals surface area contributed by atoms with Crippen molar-refractivity contribution in [3.63, 3.8) is 0 Å². The van der Waals surface area contributed by atoms with Crippen LogP contribution in [0.15, 0.2) is 28.7 Å². The lowest BCUT2D eigenvalue weighted by molar-refractivity contribution is 0.416. The predicted molar refractivity (Wildman–Crippen MR) is 72.4 cm³/mol. The van der Waals surface area contributed by atoms with Crippen LogP contribution in [-0.4, -0.2) is 23.9 Å². The number of hydrogen-bond donors (Lipinski definition) is 1. The fourth-order valence-corrected chi connectivity index (χ4v) is 2.08. The highest BCUT2D eigenvalue weighted by Gasteiger charge is 2.12. The Balaban J connectivity index is 2.58. The topological polar surface area (TPSA) is 39.1 Å². The van der Waals surface area contributed by atoms with E-state index in [4.69, 9.17) is 4.74 Å². The van der Waals surface area contributed by atoms with Crippen LogP contribution < -0.4 is 10.1 Å². The first kappa shape index (κ1) is 12.0. The number of aromatic nitrogens is 2. The third kappa shape index (κ3) is 2.29. The zero-order valence-electron chi connectivity index (χ0n) is 9.99. The Kier molecular flexibility index (Phi) is 3.38. The van der Waals surface area contributed by atoms with Gasteiger partial charge >= 0.3 is 0 Å². The molecule has 0 aliphatic heterocycles. The molecule has 90 valence electrons. The van der Waals surface area contributed by atoms with Crippen molar-refractivity contribution in [2.45, 2.75) is 0 Å². The molecular weight excluding hydrogens is 282 g/mol. The van der Waals surface area contributed by atoms with Gasteiger partial charge in [-0.05, 0) is 18.2 Å². The summed E-state index contributed by atoms with van der Waals surface area (Å²) >= 11 is 3.47. The van der Waals surface area contributed by atoms with E-state index in [0.29, 0.717) is 0 Å². The Labute approximate surface area is 109 Å². The van der Waals surface area contributed by atoms with Crippen LogP contribution in [0.1, 0.15) is 0 Å². The summed E-state index contributed by atoms with van der Waals surface area (Å²) < 4.78 is 8.21. The van der Waals surface area contributed by atoms with Crippen LogP contribution >= 0.6 is 15.9 Å². The van der Waals surface area contributed by atoms with E-state index >= 15 is 0 Å². The molecule has 0 spiro atoms. The van der Waals surface area contributed by atoms with Crippen LogP contribution in [0.3, 0.4) is 0 Å². The Morgan fingerprint density at radius 2 is 2.12 bits per heavy atom. The second-order valence-electron chi connectivity index (χ2n) is 3.63. The summed E-state index contributed by atoms with van der Waals surface area (Å²) in [5, 5.41) is 7.37. The smallest absolute Gasteiger partial charge is 0.148 e. The number of ether oxygens (including phenoxy) is 1. The molecule has 1 N–H and O–H groups in total. The van der Waals surface area contributed by atoms with E-state index in [1.807, 2.05) is 43.0 Å². The molecule has 0 atom stereocenters. The van der Waals surface area contributed by atoms with Crippen molar-refractivity contribution in [2.75, 3.05) is 19.5 Å². The first-order valence-corrected chi connectivity index (χ1v) is 6.00. The molecule has 0 saturated carbocycles. The summed E-state index contributed by atoms with van der Waals surface area (Å²) in [4.78, 5) is 0. The fraction of sp³-hybridized carbons (Fsp3) is 0.250. The largest absolute Gasteiger partial charge is 0.496 e. The number of nitrogens with one attached hydrogen (secondary N) is 1. The first-order chi connectivity index (χ1) is 8.15. The first-order valence-electron chi connectivity index (χ1n) is 5.21. The van der Waals surface area contributed by atoms with Crippen molar-refractivity contribution in [1.29, 1.82) is 0 Å². The molecule has 0 aliphatic rings. The third-order valence-electron chi connectivity index (χ3n) is 2.57. The van der Waals surface area contributed by atoms with Crippen LogP contribution in [0.4, 0.5) is 5.82 Å². The lowest BCUT2D eigenvalue weighted by atomic mass is 10.1. The molecule has 0 bridgehead atoms. The van der Waals surface area contributed by atoms with Gasteiger partial charge in [0.15, 0.2) is 0 Å². The molecule has 0 saturated heterocycles. The molecular formula is C12H14BrN3O. The Bertz CT molecular complexity index is 537. The quantitative estimate of drug-likeness (QED) is 0.946. The summed E-state index contributed by atoms with van der Waals surface area (Å²) in [6.07, 6.45) is 0. The zero-order chi connectivity index (χ0) is 12.4. The van der Waals surface area contributed by atoms with E-state index in [-0.39, 0.29) is 0 Å². The van der Waals surface area contributed by atoms with Crippen molar-refractivity contribution in [2.24, 2.45) is 7.05 Å². The summed E-state index contributed by atoms with van der Waals surface area (Å²) in [6, 6.07) is 7.91. The van der Waals surface area contributed by atoms with E-state index in [0.717, 1.165) is 27.3 Å². The summed E-state index contributed by atoms with van der Waals surface area (Å²) in [6.45, 7) is 0. The van der Waals surface area contributed by atoms with Gasteiger partial charge in [0.05, 0.1) is 12.8 Å². The molecule has 0 fully saturated rings.